The summed E-state index contributed by atoms with van der Waals surface area (Å²) in [6.07, 6.45) is 3.81. The molecule has 2 amide bonds. The second kappa shape index (κ2) is 9.78. The highest BCUT2D eigenvalue weighted by Gasteiger charge is 2.08. The maximum Gasteiger partial charge on any atom is 0.319 e. The van der Waals surface area contributed by atoms with Gasteiger partial charge in [-0.25, -0.2) is 9.78 Å². The van der Waals surface area contributed by atoms with E-state index in [1.54, 1.807) is 0 Å². The Balaban J connectivity index is 1.47. The molecule has 0 aliphatic rings. The number of carbonyl (C=O) groups is 1. The van der Waals surface area contributed by atoms with E-state index in [2.05, 4.69) is 34.0 Å². The summed E-state index contributed by atoms with van der Waals surface area (Å²) in [5, 5.41) is 5.69. The number of nitrogens with one attached hydrogen (secondary N) is 2. The van der Waals surface area contributed by atoms with Crippen molar-refractivity contribution in [1.29, 1.82) is 0 Å². The van der Waals surface area contributed by atoms with Gasteiger partial charge in [-0.2, -0.15) is 0 Å². The van der Waals surface area contributed by atoms with Gasteiger partial charge in [0.25, 0.3) is 0 Å². The summed E-state index contributed by atoms with van der Waals surface area (Å²) in [5.74, 6) is 2.21. The van der Waals surface area contributed by atoms with Crippen molar-refractivity contribution >= 4 is 11.7 Å². The first-order chi connectivity index (χ1) is 14.0. The molecule has 152 valence electrons. The zero-order chi connectivity index (χ0) is 20.6. The topological polar surface area (TPSA) is 68.2 Å². The monoisotopic (exact) mass is 392 g/mol. The minimum absolute atomic E-state index is 0.250. The lowest BCUT2D eigenvalue weighted by molar-refractivity contribution is 0.247. The van der Waals surface area contributed by atoms with Crippen LogP contribution in [-0.4, -0.2) is 28.7 Å². The molecule has 0 bridgehead atoms. The lowest BCUT2D eigenvalue weighted by Gasteiger charge is -2.12. The Morgan fingerprint density at radius 2 is 1.97 bits per heavy atom. The molecule has 1 heterocycles. The summed E-state index contributed by atoms with van der Waals surface area (Å²) in [5.41, 5.74) is 3.04. The van der Waals surface area contributed by atoms with Gasteiger partial charge in [-0.1, -0.05) is 43.7 Å². The number of carbonyl (C=O) groups excluding carboxylic acids is 1. The summed E-state index contributed by atoms with van der Waals surface area (Å²) >= 11 is 0. The first kappa shape index (κ1) is 20.5. The Hall–Kier alpha value is -3.28. The van der Waals surface area contributed by atoms with Gasteiger partial charge in [0.1, 0.15) is 18.2 Å². The van der Waals surface area contributed by atoms with Gasteiger partial charge in [-0.15, -0.1) is 0 Å². The molecule has 0 saturated carbocycles. The summed E-state index contributed by atoms with van der Waals surface area (Å²) in [6.45, 7) is 7.84. The van der Waals surface area contributed by atoms with Gasteiger partial charge in [-0.05, 0) is 36.8 Å². The van der Waals surface area contributed by atoms with Crippen LogP contribution in [0.1, 0.15) is 36.7 Å². The average Bonchev–Trinajstić information content (AvgIpc) is 3.15. The highest BCUT2D eigenvalue weighted by atomic mass is 16.5. The molecule has 0 unspecified atom stereocenters. The number of ether oxygens (including phenoxy) is 1. The number of hydrogen-bond donors (Lipinski definition) is 2. The smallest absolute Gasteiger partial charge is 0.319 e. The molecule has 6 heteroatoms. The van der Waals surface area contributed by atoms with E-state index in [0.29, 0.717) is 19.1 Å². The molecule has 0 saturated heterocycles. The Bertz CT molecular complexity index is 932. The molecule has 3 aromatic rings. The van der Waals surface area contributed by atoms with E-state index in [-0.39, 0.29) is 6.03 Å². The number of aromatic nitrogens is 2. The normalized spacial score (nSPS) is 10.8. The number of imidazole rings is 1. The van der Waals surface area contributed by atoms with Crippen molar-refractivity contribution in [3.05, 3.63) is 77.9 Å². The molecular formula is C23H28N4O2. The third kappa shape index (κ3) is 6.10. The summed E-state index contributed by atoms with van der Waals surface area (Å²) in [4.78, 5) is 16.6. The molecular weight excluding hydrogens is 364 g/mol. The number of amides is 2. The van der Waals surface area contributed by atoms with E-state index in [9.17, 15) is 4.79 Å². The zero-order valence-electron chi connectivity index (χ0n) is 17.2. The Labute approximate surface area is 171 Å². The molecule has 0 aliphatic heterocycles. The molecule has 29 heavy (non-hydrogen) atoms. The molecule has 0 radical (unpaired) electrons. The molecule has 0 spiro atoms. The third-order valence-electron chi connectivity index (χ3n) is 4.48. The van der Waals surface area contributed by atoms with Crippen molar-refractivity contribution in [2.24, 2.45) is 0 Å². The lowest BCUT2D eigenvalue weighted by atomic mass is 10.1. The van der Waals surface area contributed by atoms with Crippen LogP contribution in [0.4, 0.5) is 10.5 Å². The Morgan fingerprint density at radius 3 is 2.72 bits per heavy atom. The molecule has 2 N–H and O–H groups in total. The largest absolute Gasteiger partial charge is 0.492 e. The number of urea groups is 1. The maximum absolute atomic E-state index is 12.1. The zero-order valence-corrected chi connectivity index (χ0v) is 17.2. The number of hydrogen-bond acceptors (Lipinski definition) is 3. The summed E-state index contributed by atoms with van der Waals surface area (Å²) in [7, 11) is 0. The van der Waals surface area contributed by atoms with Crippen molar-refractivity contribution < 1.29 is 9.53 Å². The second-order valence-electron chi connectivity index (χ2n) is 7.31. The Morgan fingerprint density at radius 1 is 1.17 bits per heavy atom. The van der Waals surface area contributed by atoms with Crippen LogP contribution in [-0.2, 0) is 6.54 Å². The molecule has 6 nitrogen and oxygen atoms in total. The van der Waals surface area contributed by atoms with E-state index in [4.69, 9.17) is 4.74 Å². The van der Waals surface area contributed by atoms with Crippen molar-refractivity contribution in [2.75, 3.05) is 18.5 Å². The van der Waals surface area contributed by atoms with E-state index in [1.165, 1.54) is 5.56 Å². The van der Waals surface area contributed by atoms with Crippen molar-refractivity contribution in [1.82, 2.24) is 14.9 Å². The number of aryl methyl sites for hydroxylation is 1. The number of benzene rings is 2. The highest BCUT2D eigenvalue weighted by molar-refractivity contribution is 5.89. The minimum Gasteiger partial charge on any atom is -0.492 e. The van der Waals surface area contributed by atoms with Crippen LogP contribution >= 0.6 is 0 Å². The maximum atomic E-state index is 12.1. The third-order valence-corrected chi connectivity index (χ3v) is 4.48. The number of anilines is 1. The van der Waals surface area contributed by atoms with Crippen LogP contribution in [0.3, 0.4) is 0 Å². The first-order valence-corrected chi connectivity index (χ1v) is 9.85. The number of rotatable bonds is 8. The van der Waals surface area contributed by atoms with Crippen LogP contribution in [0.15, 0.2) is 60.9 Å². The number of nitrogens with zero attached hydrogens (tertiary/aromatic N) is 2. The van der Waals surface area contributed by atoms with Gasteiger partial charge in [0.15, 0.2) is 0 Å². The van der Waals surface area contributed by atoms with Crippen LogP contribution < -0.4 is 15.4 Å². The SMILES string of the molecule is Cc1ccc(OCCNC(=O)Nc2cccc(Cn3ccnc3C(C)C)c2)cc1. The molecule has 3 rings (SSSR count). The fourth-order valence-corrected chi connectivity index (χ4v) is 3.04. The minimum atomic E-state index is -0.250. The fourth-order valence-electron chi connectivity index (χ4n) is 3.04. The first-order valence-electron chi connectivity index (χ1n) is 9.85. The van der Waals surface area contributed by atoms with Crippen LogP contribution in [0.5, 0.6) is 5.75 Å². The Kier molecular flexibility index (Phi) is 6.89. The van der Waals surface area contributed by atoms with E-state index >= 15 is 0 Å². The van der Waals surface area contributed by atoms with Crippen LogP contribution in [0, 0.1) is 6.92 Å². The van der Waals surface area contributed by atoms with Gasteiger partial charge in [0, 0.05) is 30.5 Å². The summed E-state index contributed by atoms with van der Waals surface area (Å²) in [6, 6.07) is 15.4. The predicted molar refractivity (Wildman–Crippen MR) is 116 cm³/mol. The molecule has 1 aromatic heterocycles. The fraction of sp³-hybridized carbons (Fsp3) is 0.304. The van der Waals surface area contributed by atoms with Gasteiger partial charge < -0.3 is 19.9 Å². The van der Waals surface area contributed by atoms with Gasteiger partial charge >= 0.3 is 6.03 Å². The molecule has 0 fully saturated rings. The quantitative estimate of drug-likeness (QED) is 0.552. The second-order valence-corrected chi connectivity index (χ2v) is 7.31. The van der Waals surface area contributed by atoms with Gasteiger partial charge in [0.05, 0.1) is 6.54 Å². The lowest BCUT2D eigenvalue weighted by Crippen LogP contribution is -2.32. The van der Waals surface area contributed by atoms with Crippen molar-refractivity contribution in [3.8, 4) is 5.75 Å². The predicted octanol–water partition coefficient (Wildman–Crippen LogP) is 4.56. The van der Waals surface area contributed by atoms with Crippen molar-refractivity contribution in [3.63, 3.8) is 0 Å². The van der Waals surface area contributed by atoms with Crippen molar-refractivity contribution in [2.45, 2.75) is 33.2 Å². The molecule has 2 aromatic carbocycles. The van der Waals surface area contributed by atoms with E-state index < -0.39 is 0 Å². The van der Waals surface area contributed by atoms with Gasteiger partial charge in [0.2, 0.25) is 0 Å². The molecule has 0 aliphatic carbocycles. The van der Waals surface area contributed by atoms with Gasteiger partial charge in [-0.3, -0.25) is 0 Å². The molecule has 0 atom stereocenters. The van der Waals surface area contributed by atoms with E-state index in [0.717, 1.165) is 29.4 Å². The highest BCUT2D eigenvalue weighted by Crippen LogP contribution is 2.16. The standard InChI is InChI=1S/C23H28N4O2/c1-17(2)22-24-11-13-27(22)16-19-5-4-6-20(15-19)26-23(28)25-12-14-29-21-9-7-18(3)8-10-21/h4-11,13,15,17H,12,14,16H2,1-3H3,(H2,25,26,28). The average molecular weight is 393 g/mol. The van der Waals surface area contributed by atoms with E-state index in [1.807, 2.05) is 67.8 Å². The van der Waals surface area contributed by atoms with Crippen LogP contribution in [0.25, 0.3) is 0 Å². The summed E-state index contributed by atoms with van der Waals surface area (Å²) < 4.78 is 7.75. The van der Waals surface area contributed by atoms with Crippen LogP contribution in [0.2, 0.25) is 0 Å².